The van der Waals surface area contributed by atoms with Gasteiger partial charge in [-0.25, -0.2) is 0 Å². The summed E-state index contributed by atoms with van der Waals surface area (Å²) in [6.07, 6.45) is 0. The lowest BCUT2D eigenvalue weighted by molar-refractivity contribution is 0.306. The lowest BCUT2D eigenvalue weighted by atomic mass is 10.2. The van der Waals surface area contributed by atoms with E-state index in [0.29, 0.717) is 16.7 Å². The number of aromatic hydroxyl groups is 1. The van der Waals surface area contributed by atoms with E-state index in [1.54, 1.807) is 36.4 Å². The van der Waals surface area contributed by atoms with Gasteiger partial charge in [-0.05, 0) is 36.4 Å². The monoisotopic (exact) mass is 268 g/mol. The van der Waals surface area contributed by atoms with Gasteiger partial charge in [0.05, 0.1) is 5.02 Å². The molecule has 1 N–H and O–H groups in total. The van der Waals surface area contributed by atoms with Gasteiger partial charge in [0.15, 0.2) is 0 Å². The standard InChI is InChI=1S/C13H10Cl2O2/c14-10-2-5-12(6-3-10)17-8-9-1-4-11(16)7-13(9)15/h1-7,16H,8H2. The van der Waals surface area contributed by atoms with Crippen molar-refractivity contribution in [1.29, 1.82) is 0 Å². The maximum Gasteiger partial charge on any atom is 0.119 e. The van der Waals surface area contributed by atoms with E-state index in [1.165, 1.54) is 6.07 Å². The first kappa shape index (κ1) is 12.1. The Hall–Kier alpha value is -1.38. The predicted molar refractivity (Wildman–Crippen MR) is 68.9 cm³/mol. The van der Waals surface area contributed by atoms with Gasteiger partial charge in [0.2, 0.25) is 0 Å². The Balaban J connectivity index is 2.04. The highest BCUT2D eigenvalue weighted by Crippen LogP contribution is 2.23. The van der Waals surface area contributed by atoms with Crippen molar-refractivity contribution >= 4 is 23.2 Å². The molecule has 0 spiro atoms. The third-order valence-electron chi connectivity index (χ3n) is 2.24. The van der Waals surface area contributed by atoms with E-state index in [0.717, 1.165) is 11.3 Å². The van der Waals surface area contributed by atoms with Crippen LogP contribution in [-0.4, -0.2) is 5.11 Å². The van der Waals surface area contributed by atoms with Gasteiger partial charge in [0, 0.05) is 10.6 Å². The zero-order valence-electron chi connectivity index (χ0n) is 8.86. The van der Waals surface area contributed by atoms with Crippen LogP contribution < -0.4 is 4.74 Å². The minimum Gasteiger partial charge on any atom is -0.508 e. The molecule has 0 unspecified atom stereocenters. The van der Waals surface area contributed by atoms with Crippen molar-refractivity contribution in [3.8, 4) is 11.5 Å². The van der Waals surface area contributed by atoms with Gasteiger partial charge in [-0.3, -0.25) is 0 Å². The van der Waals surface area contributed by atoms with E-state index in [4.69, 9.17) is 27.9 Å². The molecule has 2 aromatic carbocycles. The summed E-state index contributed by atoms with van der Waals surface area (Å²) < 4.78 is 5.54. The fourth-order valence-corrected chi connectivity index (χ4v) is 1.70. The first-order valence-electron chi connectivity index (χ1n) is 5.01. The quantitative estimate of drug-likeness (QED) is 0.901. The molecule has 88 valence electrons. The zero-order valence-corrected chi connectivity index (χ0v) is 10.4. The Kier molecular flexibility index (Phi) is 3.77. The average Bonchev–Trinajstić information content (AvgIpc) is 2.30. The van der Waals surface area contributed by atoms with Crippen molar-refractivity contribution in [2.45, 2.75) is 6.61 Å². The second-order valence-corrected chi connectivity index (χ2v) is 4.36. The molecule has 0 saturated carbocycles. The van der Waals surface area contributed by atoms with Gasteiger partial charge in [0.25, 0.3) is 0 Å². The van der Waals surface area contributed by atoms with Crippen LogP contribution in [0.3, 0.4) is 0 Å². The molecule has 17 heavy (non-hydrogen) atoms. The summed E-state index contributed by atoms with van der Waals surface area (Å²) in [5.41, 5.74) is 0.819. The van der Waals surface area contributed by atoms with Crippen molar-refractivity contribution in [2.75, 3.05) is 0 Å². The molecule has 4 heteroatoms. The van der Waals surface area contributed by atoms with Crippen LogP contribution in [0.5, 0.6) is 11.5 Å². The molecule has 2 rings (SSSR count). The molecule has 0 atom stereocenters. The van der Waals surface area contributed by atoms with Gasteiger partial charge < -0.3 is 9.84 Å². The first-order chi connectivity index (χ1) is 8.15. The molecule has 0 radical (unpaired) electrons. The van der Waals surface area contributed by atoms with Crippen molar-refractivity contribution in [2.24, 2.45) is 0 Å². The fourth-order valence-electron chi connectivity index (χ4n) is 1.35. The molecule has 0 aromatic heterocycles. The van der Waals surface area contributed by atoms with E-state index in [1.807, 2.05) is 0 Å². The number of hydrogen-bond acceptors (Lipinski definition) is 2. The molecule has 0 aliphatic rings. The van der Waals surface area contributed by atoms with Crippen LogP contribution in [0, 0.1) is 0 Å². The molecule has 0 aliphatic heterocycles. The highest BCUT2D eigenvalue weighted by molar-refractivity contribution is 6.31. The number of ether oxygens (including phenoxy) is 1. The summed E-state index contributed by atoms with van der Waals surface area (Å²) in [5.74, 6) is 0.865. The van der Waals surface area contributed by atoms with Gasteiger partial charge >= 0.3 is 0 Å². The van der Waals surface area contributed by atoms with E-state index in [2.05, 4.69) is 0 Å². The third kappa shape index (κ3) is 3.29. The highest BCUT2D eigenvalue weighted by Gasteiger charge is 2.02. The third-order valence-corrected chi connectivity index (χ3v) is 2.85. The van der Waals surface area contributed by atoms with Crippen LogP contribution in [-0.2, 0) is 6.61 Å². The van der Waals surface area contributed by atoms with Crippen molar-refractivity contribution in [3.63, 3.8) is 0 Å². The average molecular weight is 269 g/mol. The van der Waals surface area contributed by atoms with E-state index in [9.17, 15) is 5.11 Å². The predicted octanol–water partition coefficient (Wildman–Crippen LogP) is 4.28. The number of rotatable bonds is 3. The van der Waals surface area contributed by atoms with Crippen LogP contribution in [0.15, 0.2) is 42.5 Å². The minimum absolute atomic E-state index is 0.144. The van der Waals surface area contributed by atoms with Crippen molar-refractivity contribution in [3.05, 3.63) is 58.1 Å². The van der Waals surface area contributed by atoms with E-state index < -0.39 is 0 Å². The second-order valence-electron chi connectivity index (χ2n) is 3.52. The molecular formula is C13H10Cl2O2. The van der Waals surface area contributed by atoms with Crippen molar-refractivity contribution < 1.29 is 9.84 Å². The smallest absolute Gasteiger partial charge is 0.119 e. The molecule has 0 fully saturated rings. The molecular weight excluding hydrogens is 259 g/mol. The van der Waals surface area contributed by atoms with Crippen LogP contribution in [0.25, 0.3) is 0 Å². The Labute approximate surface area is 109 Å². The molecule has 0 saturated heterocycles. The summed E-state index contributed by atoms with van der Waals surface area (Å²) in [6, 6.07) is 11.9. The number of halogens is 2. The molecule has 0 amide bonds. The summed E-state index contributed by atoms with van der Waals surface area (Å²) in [6.45, 7) is 0.348. The summed E-state index contributed by atoms with van der Waals surface area (Å²) in [4.78, 5) is 0. The topological polar surface area (TPSA) is 29.5 Å². The molecule has 0 aliphatic carbocycles. The number of phenolic OH excluding ortho intramolecular Hbond substituents is 1. The Morgan fingerprint density at radius 2 is 1.71 bits per heavy atom. The van der Waals surface area contributed by atoms with E-state index >= 15 is 0 Å². The Bertz CT molecular complexity index is 509. The minimum atomic E-state index is 0.144. The molecule has 0 heterocycles. The van der Waals surface area contributed by atoms with Crippen LogP contribution in [0.4, 0.5) is 0 Å². The van der Waals surface area contributed by atoms with Crippen LogP contribution in [0.2, 0.25) is 10.0 Å². The van der Waals surface area contributed by atoms with Crippen molar-refractivity contribution in [1.82, 2.24) is 0 Å². The summed E-state index contributed by atoms with van der Waals surface area (Å²) >= 11 is 11.7. The number of hydrogen-bond donors (Lipinski definition) is 1. The fraction of sp³-hybridized carbons (Fsp3) is 0.0769. The van der Waals surface area contributed by atoms with Gasteiger partial charge in [0.1, 0.15) is 18.1 Å². The van der Waals surface area contributed by atoms with Crippen LogP contribution >= 0.6 is 23.2 Å². The summed E-state index contributed by atoms with van der Waals surface area (Å²) in [7, 11) is 0. The zero-order chi connectivity index (χ0) is 12.3. The van der Waals surface area contributed by atoms with E-state index in [-0.39, 0.29) is 5.75 Å². The van der Waals surface area contributed by atoms with Crippen LogP contribution in [0.1, 0.15) is 5.56 Å². The SMILES string of the molecule is Oc1ccc(COc2ccc(Cl)cc2)c(Cl)c1. The Morgan fingerprint density at radius 1 is 1.00 bits per heavy atom. The maximum absolute atomic E-state index is 9.21. The highest BCUT2D eigenvalue weighted by atomic mass is 35.5. The Morgan fingerprint density at radius 3 is 2.35 bits per heavy atom. The molecule has 2 aromatic rings. The van der Waals surface area contributed by atoms with Gasteiger partial charge in [-0.1, -0.05) is 29.3 Å². The molecule has 0 bridgehead atoms. The largest absolute Gasteiger partial charge is 0.508 e. The first-order valence-corrected chi connectivity index (χ1v) is 5.76. The second kappa shape index (κ2) is 5.30. The lowest BCUT2D eigenvalue weighted by Gasteiger charge is -2.08. The van der Waals surface area contributed by atoms with Gasteiger partial charge in [-0.15, -0.1) is 0 Å². The summed E-state index contributed by atoms with van der Waals surface area (Å²) in [5, 5.41) is 10.4. The number of benzene rings is 2. The normalized spacial score (nSPS) is 10.2. The maximum atomic E-state index is 9.21. The van der Waals surface area contributed by atoms with Gasteiger partial charge in [-0.2, -0.15) is 0 Å². The number of phenols is 1. The lowest BCUT2D eigenvalue weighted by Crippen LogP contribution is -1.95. The molecule has 2 nitrogen and oxygen atoms in total.